The summed E-state index contributed by atoms with van der Waals surface area (Å²) in [6, 6.07) is 0.789. The highest BCUT2D eigenvalue weighted by Crippen LogP contribution is 2.26. The number of amides is 1. The van der Waals surface area contributed by atoms with Gasteiger partial charge >= 0.3 is 0 Å². The molecule has 5 nitrogen and oxygen atoms in total. The Kier molecular flexibility index (Phi) is 7.32. The second kappa shape index (κ2) is 10.1. The van der Waals surface area contributed by atoms with E-state index in [2.05, 4.69) is 33.4 Å². The minimum atomic E-state index is 0.284. The zero-order valence-electron chi connectivity index (χ0n) is 18.8. The summed E-state index contributed by atoms with van der Waals surface area (Å²) in [4.78, 5) is 19.8. The number of ether oxygens (including phenoxy) is 1. The molecular weight excluding hydrogens is 374 g/mol. The Balaban J connectivity index is 1.25. The van der Waals surface area contributed by atoms with E-state index < -0.39 is 0 Å². The fraction of sp³-hybridized carbons (Fsp3) is 0.720. The lowest BCUT2D eigenvalue weighted by molar-refractivity contribution is -0.134. The van der Waals surface area contributed by atoms with Crippen LogP contribution in [-0.2, 0) is 9.53 Å². The number of carbonyl (C=O) groups excluding carboxylic acids is 1. The van der Waals surface area contributed by atoms with Crippen molar-refractivity contribution >= 4 is 5.91 Å². The molecule has 0 bridgehead atoms. The number of rotatable bonds is 6. The molecule has 30 heavy (non-hydrogen) atoms. The van der Waals surface area contributed by atoms with Gasteiger partial charge in [0.25, 0.3) is 0 Å². The third-order valence-corrected chi connectivity index (χ3v) is 7.37. The largest absolute Gasteiger partial charge is 0.495 e. The Labute approximate surface area is 182 Å². The molecule has 0 unspecified atom stereocenters. The number of allylic oxidation sites excluding steroid dienone is 3. The zero-order chi connectivity index (χ0) is 20.9. The summed E-state index contributed by atoms with van der Waals surface area (Å²) >= 11 is 0. The molecule has 4 aliphatic rings. The number of piperazine rings is 1. The third kappa shape index (κ3) is 5.55. The van der Waals surface area contributed by atoms with Crippen molar-refractivity contribution in [2.75, 3.05) is 45.8 Å². The van der Waals surface area contributed by atoms with Crippen LogP contribution in [0.4, 0.5) is 0 Å². The number of hydrogen-bond donors (Lipinski definition) is 0. The summed E-state index contributed by atoms with van der Waals surface area (Å²) in [5, 5.41) is 0. The first-order chi connectivity index (χ1) is 14.6. The highest BCUT2D eigenvalue weighted by Gasteiger charge is 2.30. The minimum absolute atomic E-state index is 0.284. The average molecular weight is 414 g/mol. The number of likely N-dealkylation sites (tertiary alicyclic amines) is 1. The molecule has 0 aromatic rings. The SMILES string of the molecule is C=C1CCN(CC(=O)N2CCN(C3CCC3)CC2)C/C1=C/C=C(\C)OC1CCCC1. The highest BCUT2D eigenvalue weighted by molar-refractivity contribution is 5.78. The van der Waals surface area contributed by atoms with E-state index in [4.69, 9.17) is 4.74 Å². The van der Waals surface area contributed by atoms with E-state index in [1.165, 1.54) is 56.1 Å². The van der Waals surface area contributed by atoms with Gasteiger partial charge in [-0.1, -0.05) is 19.1 Å². The monoisotopic (exact) mass is 413 g/mol. The molecule has 166 valence electrons. The van der Waals surface area contributed by atoms with Crippen molar-refractivity contribution in [1.82, 2.24) is 14.7 Å². The predicted molar refractivity (Wildman–Crippen MR) is 121 cm³/mol. The van der Waals surface area contributed by atoms with E-state index in [1.807, 2.05) is 6.92 Å². The van der Waals surface area contributed by atoms with E-state index >= 15 is 0 Å². The average Bonchev–Trinajstić information content (AvgIpc) is 3.20. The molecule has 2 aliphatic heterocycles. The topological polar surface area (TPSA) is 36.0 Å². The second-order valence-corrected chi connectivity index (χ2v) is 9.56. The summed E-state index contributed by atoms with van der Waals surface area (Å²) < 4.78 is 6.05. The first-order valence-electron chi connectivity index (χ1n) is 12.0. The number of carbonyl (C=O) groups is 1. The van der Waals surface area contributed by atoms with Crippen molar-refractivity contribution in [3.8, 4) is 0 Å². The molecular formula is C25H39N3O2. The van der Waals surface area contributed by atoms with Gasteiger partial charge in [0.05, 0.1) is 18.4 Å². The van der Waals surface area contributed by atoms with Gasteiger partial charge in [-0.25, -0.2) is 0 Å². The van der Waals surface area contributed by atoms with Crippen LogP contribution >= 0.6 is 0 Å². The fourth-order valence-electron chi connectivity index (χ4n) is 5.10. The molecule has 2 heterocycles. The van der Waals surface area contributed by atoms with Gasteiger partial charge in [-0.05, 0) is 69.1 Å². The van der Waals surface area contributed by atoms with Crippen molar-refractivity contribution in [2.45, 2.75) is 70.4 Å². The van der Waals surface area contributed by atoms with E-state index in [0.29, 0.717) is 12.6 Å². The van der Waals surface area contributed by atoms with Crippen molar-refractivity contribution in [3.63, 3.8) is 0 Å². The quantitative estimate of drug-likeness (QED) is 0.622. The Hall–Kier alpha value is -1.59. The van der Waals surface area contributed by atoms with Crippen LogP contribution in [0, 0.1) is 0 Å². The Morgan fingerprint density at radius 3 is 2.47 bits per heavy atom. The first kappa shape index (κ1) is 21.6. The summed E-state index contributed by atoms with van der Waals surface area (Å²) in [6.45, 7) is 12.4. The van der Waals surface area contributed by atoms with Crippen LogP contribution in [0.15, 0.2) is 35.6 Å². The molecule has 0 N–H and O–H groups in total. The molecule has 2 saturated carbocycles. The van der Waals surface area contributed by atoms with Crippen LogP contribution in [0.5, 0.6) is 0 Å². The molecule has 0 aromatic carbocycles. The van der Waals surface area contributed by atoms with Crippen LogP contribution < -0.4 is 0 Å². The van der Waals surface area contributed by atoms with Gasteiger partial charge in [0.1, 0.15) is 0 Å². The van der Waals surface area contributed by atoms with Gasteiger partial charge in [0.2, 0.25) is 5.91 Å². The molecule has 2 aliphatic carbocycles. The third-order valence-electron chi connectivity index (χ3n) is 7.37. The van der Waals surface area contributed by atoms with Crippen molar-refractivity contribution in [2.24, 2.45) is 0 Å². The second-order valence-electron chi connectivity index (χ2n) is 9.56. The molecule has 4 rings (SSSR count). The lowest BCUT2D eigenvalue weighted by atomic mass is 9.91. The Morgan fingerprint density at radius 2 is 1.80 bits per heavy atom. The van der Waals surface area contributed by atoms with Crippen molar-refractivity contribution in [3.05, 3.63) is 35.6 Å². The number of nitrogens with zero attached hydrogens (tertiary/aromatic N) is 3. The predicted octanol–water partition coefficient (Wildman–Crippen LogP) is 3.73. The molecule has 0 spiro atoms. The standard InChI is InChI=1S/C25H39N3O2/c1-20-12-13-26(18-22(20)11-10-21(2)30-24-8-3-4-9-24)19-25(29)28-16-14-27(15-17-28)23-6-5-7-23/h10-11,23-24H,1,3-9,12-19H2,2H3/b21-10+,22-11-. The smallest absolute Gasteiger partial charge is 0.236 e. The van der Waals surface area contributed by atoms with Crippen molar-refractivity contribution in [1.29, 1.82) is 0 Å². The van der Waals surface area contributed by atoms with Crippen LogP contribution in [0.1, 0.15) is 58.3 Å². The normalized spacial score (nSPS) is 27.0. The summed E-state index contributed by atoms with van der Waals surface area (Å²) in [5.41, 5.74) is 2.43. The molecule has 2 saturated heterocycles. The Morgan fingerprint density at radius 1 is 1.07 bits per heavy atom. The van der Waals surface area contributed by atoms with Crippen LogP contribution in [0.25, 0.3) is 0 Å². The highest BCUT2D eigenvalue weighted by atomic mass is 16.5. The summed E-state index contributed by atoms with van der Waals surface area (Å²) in [5.74, 6) is 1.27. The minimum Gasteiger partial charge on any atom is -0.495 e. The summed E-state index contributed by atoms with van der Waals surface area (Å²) in [6.07, 6.45) is 14.6. The molecule has 0 aromatic heterocycles. The number of hydrogen-bond acceptors (Lipinski definition) is 4. The first-order valence-corrected chi connectivity index (χ1v) is 12.0. The van der Waals surface area contributed by atoms with Crippen LogP contribution in [-0.4, -0.2) is 78.6 Å². The number of piperidine rings is 1. The van der Waals surface area contributed by atoms with Gasteiger partial charge in [-0.15, -0.1) is 0 Å². The maximum Gasteiger partial charge on any atom is 0.236 e. The zero-order valence-corrected chi connectivity index (χ0v) is 18.8. The van der Waals surface area contributed by atoms with Gasteiger partial charge in [0, 0.05) is 45.3 Å². The lowest BCUT2D eigenvalue weighted by Gasteiger charge is -2.43. The van der Waals surface area contributed by atoms with Gasteiger partial charge < -0.3 is 9.64 Å². The molecule has 4 fully saturated rings. The maximum absolute atomic E-state index is 12.9. The van der Waals surface area contributed by atoms with Gasteiger partial charge in [-0.3, -0.25) is 14.6 Å². The van der Waals surface area contributed by atoms with E-state index in [9.17, 15) is 4.79 Å². The fourth-order valence-corrected chi connectivity index (χ4v) is 5.10. The van der Waals surface area contributed by atoms with E-state index in [-0.39, 0.29) is 5.91 Å². The van der Waals surface area contributed by atoms with Gasteiger partial charge in [0.15, 0.2) is 0 Å². The summed E-state index contributed by atoms with van der Waals surface area (Å²) in [7, 11) is 0. The Bertz CT molecular complexity index is 681. The van der Waals surface area contributed by atoms with Crippen molar-refractivity contribution < 1.29 is 9.53 Å². The molecule has 5 heteroatoms. The maximum atomic E-state index is 12.9. The van der Waals surface area contributed by atoms with Gasteiger partial charge in [-0.2, -0.15) is 0 Å². The molecule has 0 radical (unpaired) electrons. The van der Waals surface area contributed by atoms with Crippen LogP contribution in [0.3, 0.4) is 0 Å². The molecule has 1 amide bonds. The molecule has 0 atom stereocenters. The lowest BCUT2D eigenvalue weighted by Crippen LogP contribution is -2.55. The van der Waals surface area contributed by atoms with Crippen LogP contribution in [0.2, 0.25) is 0 Å². The van der Waals surface area contributed by atoms with E-state index in [1.54, 1.807) is 0 Å². The van der Waals surface area contributed by atoms with E-state index in [0.717, 1.165) is 57.5 Å².